The third-order valence-corrected chi connectivity index (χ3v) is 3.28. The van der Waals surface area contributed by atoms with Gasteiger partial charge in [0.15, 0.2) is 0 Å². The molecule has 94 valence electrons. The normalized spacial score (nSPS) is 10.7. The van der Waals surface area contributed by atoms with Gasteiger partial charge in [0.25, 0.3) is 6.43 Å². The number of rotatable bonds is 4. The fourth-order valence-electron chi connectivity index (χ4n) is 1.21. The lowest BCUT2D eigenvalue weighted by atomic mass is 10.2. The van der Waals surface area contributed by atoms with Crippen LogP contribution in [0, 0.1) is 3.57 Å². The van der Waals surface area contributed by atoms with E-state index in [0.29, 0.717) is 3.57 Å². The third-order valence-electron chi connectivity index (χ3n) is 1.90. The molecule has 0 spiro atoms. The lowest BCUT2D eigenvalue weighted by Crippen LogP contribution is -2.12. The van der Waals surface area contributed by atoms with Gasteiger partial charge in [0.2, 0.25) is 0 Å². The molecular formula is C10H9BrF2INO2. The largest absolute Gasteiger partial charge is 0.462 e. The van der Waals surface area contributed by atoms with Crippen molar-refractivity contribution in [2.75, 3.05) is 6.61 Å². The minimum atomic E-state index is -2.66. The average molecular weight is 420 g/mol. The number of carbonyl (C=O) groups excluding carboxylic acids is 1. The number of aromatic nitrogens is 1. The van der Waals surface area contributed by atoms with Gasteiger partial charge in [0.05, 0.1) is 17.9 Å². The van der Waals surface area contributed by atoms with E-state index in [1.807, 2.05) is 22.6 Å². The maximum absolute atomic E-state index is 12.5. The van der Waals surface area contributed by atoms with Gasteiger partial charge < -0.3 is 4.74 Å². The maximum atomic E-state index is 12.5. The van der Waals surface area contributed by atoms with Crippen LogP contribution in [0.5, 0.6) is 0 Å². The van der Waals surface area contributed by atoms with Crippen molar-refractivity contribution in [3.63, 3.8) is 0 Å². The summed E-state index contributed by atoms with van der Waals surface area (Å²) in [6, 6.07) is 1.20. The molecule has 0 radical (unpaired) electrons. The van der Waals surface area contributed by atoms with Crippen molar-refractivity contribution < 1.29 is 18.3 Å². The molecule has 0 saturated carbocycles. The van der Waals surface area contributed by atoms with Crippen LogP contribution in [0.3, 0.4) is 0 Å². The van der Waals surface area contributed by atoms with Gasteiger partial charge in [-0.05, 0) is 35.6 Å². The summed E-state index contributed by atoms with van der Waals surface area (Å²) in [5.74, 6) is -0.542. The van der Waals surface area contributed by atoms with Gasteiger partial charge in [-0.3, -0.25) is 0 Å². The molecule has 0 aliphatic carbocycles. The van der Waals surface area contributed by atoms with E-state index < -0.39 is 12.4 Å². The van der Waals surface area contributed by atoms with E-state index in [2.05, 4.69) is 20.9 Å². The number of pyridine rings is 1. The van der Waals surface area contributed by atoms with Crippen molar-refractivity contribution in [2.24, 2.45) is 0 Å². The predicted molar refractivity (Wildman–Crippen MR) is 70.5 cm³/mol. The van der Waals surface area contributed by atoms with Gasteiger partial charge in [-0.2, -0.15) is 0 Å². The molecule has 1 heterocycles. The van der Waals surface area contributed by atoms with Crippen LogP contribution in [0.15, 0.2) is 6.07 Å². The fraction of sp³-hybridized carbons (Fsp3) is 0.400. The number of carbonyl (C=O) groups is 1. The van der Waals surface area contributed by atoms with Gasteiger partial charge in [-0.15, -0.1) is 0 Å². The number of hydrogen-bond donors (Lipinski definition) is 0. The second-order valence-electron chi connectivity index (χ2n) is 3.01. The molecule has 0 aromatic carbocycles. The molecule has 0 aliphatic rings. The Morgan fingerprint density at radius 1 is 1.65 bits per heavy atom. The van der Waals surface area contributed by atoms with E-state index >= 15 is 0 Å². The summed E-state index contributed by atoms with van der Waals surface area (Å²) in [6.45, 7) is 1.91. The number of nitrogens with zero attached hydrogens (tertiary/aromatic N) is 1. The first kappa shape index (κ1) is 14.7. The van der Waals surface area contributed by atoms with Crippen LogP contribution in [-0.2, 0) is 10.1 Å². The first-order valence-corrected chi connectivity index (χ1v) is 6.91. The standard InChI is InChI=1S/C10H9BrF2INO2/c1-2-17-10(16)8-5(14)3-6(9(12)13)15-7(8)4-11/h3,9H,2,4H2,1H3. The van der Waals surface area contributed by atoms with Crippen molar-refractivity contribution in [3.05, 3.63) is 26.6 Å². The Balaban J connectivity index is 3.25. The molecule has 0 bridgehead atoms. The Morgan fingerprint density at radius 2 is 2.29 bits per heavy atom. The zero-order chi connectivity index (χ0) is 13.0. The second kappa shape index (κ2) is 6.58. The smallest absolute Gasteiger partial charge is 0.341 e. The summed E-state index contributed by atoms with van der Waals surface area (Å²) < 4.78 is 30.4. The molecule has 0 N–H and O–H groups in total. The van der Waals surface area contributed by atoms with E-state index in [4.69, 9.17) is 4.74 Å². The molecule has 0 atom stereocenters. The van der Waals surface area contributed by atoms with Crippen molar-refractivity contribution >= 4 is 44.5 Å². The third kappa shape index (κ3) is 3.57. The second-order valence-corrected chi connectivity index (χ2v) is 4.73. The minimum absolute atomic E-state index is 0.220. The zero-order valence-corrected chi connectivity index (χ0v) is 12.6. The average Bonchev–Trinajstić information content (AvgIpc) is 2.27. The summed E-state index contributed by atoms with van der Waals surface area (Å²) in [6.07, 6.45) is -2.66. The summed E-state index contributed by atoms with van der Waals surface area (Å²) in [5, 5.41) is 0.220. The van der Waals surface area contributed by atoms with Crippen LogP contribution in [0.4, 0.5) is 8.78 Å². The highest BCUT2D eigenvalue weighted by Gasteiger charge is 2.21. The van der Waals surface area contributed by atoms with Crippen molar-refractivity contribution in [1.82, 2.24) is 4.98 Å². The van der Waals surface area contributed by atoms with Crippen molar-refractivity contribution in [2.45, 2.75) is 18.7 Å². The Hall–Kier alpha value is -0.310. The van der Waals surface area contributed by atoms with E-state index in [9.17, 15) is 13.6 Å². The summed E-state index contributed by atoms with van der Waals surface area (Å²) in [7, 11) is 0. The van der Waals surface area contributed by atoms with Gasteiger partial charge in [0.1, 0.15) is 5.69 Å². The monoisotopic (exact) mass is 419 g/mol. The Labute approximate surface area is 119 Å². The minimum Gasteiger partial charge on any atom is -0.462 e. The zero-order valence-electron chi connectivity index (χ0n) is 8.84. The Bertz CT molecular complexity index is 429. The fourth-order valence-corrected chi connectivity index (χ4v) is 2.47. The molecule has 1 rings (SSSR count). The molecule has 1 aromatic rings. The highest BCUT2D eigenvalue weighted by molar-refractivity contribution is 14.1. The molecule has 0 saturated heterocycles. The summed E-state index contributed by atoms with van der Waals surface area (Å²) in [5.41, 5.74) is 0.177. The van der Waals surface area contributed by atoms with Gasteiger partial charge in [-0.25, -0.2) is 18.6 Å². The number of ether oxygens (including phenoxy) is 1. The lowest BCUT2D eigenvalue weighted by Gasteiger charge is -2.10. The van der Waals surface area contributed by atoms with Crippen LogP contribution in [-0.4, -0.2) is 17.6 Å². The van der Waals surface area contributed by atoms with Gasteiger partial charge >= 0.3 is 5.97 Å². The van der Waals surface area contributed by atoms with E-state index in [-0.39, 0.29) is 28.9 Å². The number of esters is 1. The molecule has 0 amide bonds. The maximum Gasteiger partial charge on any atom is 0.341 e. The van der Waals surface area contributed by atoms with Crippen LogP contribution < -0.4 is 0 Å². The molecule has 7 heteroatoms. The number of hydrogen-bond acceptors (Lipinski definition) is 3. The first-order chi connectivity index (χ1) is 8.01. The Morgan fingerprint density at radius 3 is 2.76 bits per heavy atom. The van der Waals surface area contributed by atoms with Crippen LogP contribution in [0.1, 0.15) is 35.1 Å². The number of alkyl halides is 3. The molecule has 0 aliphatic heterocycles. The SMILES string of the molecule is CCOC(=O)c1c(I)cc(C(F)F)nc1CBr. The van der Waals surface area contributed by atoms with E-state index in [1.165, 1.54) is 6.07 Å². The van der Waals surface area contributed by atoms with Crippen LogP contribution in [0.2, 0.25) is 0 Å². The summed E-state index contributed by atoms with van der Waals surface area (Å²) >= 11 is 4.95. The Kier molecular flexibility index (Phi) is 5.71. The topological polar surface area (TPSA) is 39.2 Å². The number of halogens is 4. The van der Waals surface area contributed by atoms with E-state index in [0.717, 1.165) is 0 Å². The highest BCUT2D eigenvalue weighted by Crippen LogP contribution is 2.25. The molecule has 0 fully saturated rings. The summed E-state index contributed by atoms with van der Waals surface area (Å²) in [4.78, 5) is 15.4. The lowest BCUT2D eigenvalue weighted by molar-refractivity contribution is 0.0523. The first-order valence-electron chi connectivity index (χ1n) is 4.71. The van der Waals surface area contributed by atoms with Gasteiger partial charge in [0, 0.05) is 8.90 Å². The molecule has 0 unspecified atom stereocenters. The quantitative estimate of drug-likeness (QED) is 0.424. The van der Waals surface area contributed by atoms with E-state index in [1.54, 1.807) is 6.92 Å². The van der Waals surface area contributed by atoms with Crippen molar-refractivity contribution in [1.29, 1.82) is 0 Å². The van der Waals surface area contributed by atoms with Crippen LogP contribution >= 0.6 is 38.5 Å². The molecule has 3 nitrogen and oxygen atoms in total. The van der Waals surface area contributed by atoms with Gasteiger partial charge in [-0.1, -0.05) is 15.9 Å². The van der Waals surface area contributed by atoms with Crippen molar-refractivity contribution in [3.8, 4) is 0 Å². The van der Waals surface area contributed by atoms with Crippen LogP contribution in [0.25, 0.3) is 0 Å². The highest BCUT2D eigenvalue weighted by atomic mass is 127. The molecule has 1 aromatic heterocycles. The molecular weight excluding hydrogens is 411 g/mol. The molecule has 17 heavy (non-hydrogen) atoms. The predicted octanol–water partition coefficient (Wildman–Crippen LogP) is 3.70.